The molecule has 0 aromatic heterocycles. The van der Waals surface area contributed by atoms with Crippen molar-refractivity contribution in [2.24, 2.45) is 0 Å². The summed E-state index contributed by atoms with van der Waals surface area (Å²) in [6.45, 7) is 7.10. The minimum atomic E-state index is -4.50. The third-order valence-electron chi connectivity index (χ3n) is 2.29. The summed E-state index contributed by atoms with van der Waals surface area (Å²) in [7, 11) is 0. The van der Waals surface area contributed by atoms with Crippen LogP contribution in [-0.2, 0) is 0 Å². The maximum atomic E-state index is 12.1. The number of hydrogen-bond acceptors (Lipinski definition) is 1. The summed E-state index contributed by atoms with van der Waals surface area (Å²) < 4.78 is 36.2. The molecule has 1 atom stereocenters. The minimum Gasteiger partial charge on any atom is -0.379 e. The quantitative estimate of drug-likeness (QED) is 0.704. The molecule has 0 fully saturated rings. The lowest BCUT2D eigenvalue weighted by Crippen LogP contribution is -3.19. The lowest BCUT2D eigenvalue weighted by Gasteiger charge is -2.29. The molecule has 0 amide bonds. The second-order valence-electron chi connectivity index (χ2n) is 4.15. The molecule has 0 bridgehead atoms. The Morgan fingerprint density at radius 2 is 1.43 bits per heavy atom. The molecule has 0 heterocycles. The van der Waals surface area contributed by atoms with Gasteiger partial charge in [-0.05, 0) is 27.7 Å². The Bertz CT molecular complexity index is 160. The van der Waals surface area contributed by atoms with Crippen LogP contribution in [0, 0.1) is 0 Å². The summed E-state index contributed by atoms with van der Waals surface area (Å²) in [5.74, 6) is 0. The van der Waals surface area contributed by atoms with E-state index in [1.54, 1.807) is 0 Å². The van der Waals surface area contributed by atoms with Crippen molar-refractivity contribution in [3.05, 3.63) is 0 Å². The summed E-state index contributed by atoms with van der Waals surface area (Å²) in [5, 5.41) is 8.91. The maximum absolute atomic E-state index is 12.1. The smallest absolute Gasteiger partial charge is 0.379 e. The molecular formula is C9H19F3NO+. The van der Waals surface area contributed by atoms with Gasteiger partial charge in [0, 0.05) is 0 Å². The highest BCUT2D eigenvalue weighted by atomic mass is 19.4. The summed E-state index contributed by atoms with van der Waals surface area (Å²) in [4.78, 5) is 0.759. The Balaban J connectivity index is 4.31. The molecule has 2 nitrogen and oxygen atoms in total. The van der Waals surface area contributed by atoms with Gasteiger partial charge in [0.05, 0.1) is 12.1 Å². The van der Waals surface area contributed by atoms with Gasteiger partial charge in [0.15, 0.2) is 6.10 Å². The molecule has 0 aromatic rings. The summed E-state index contributed by atoms with van der Waals surface area (Å²) in [5.41, 5.74) is 0. The molecule has 0 unspecified atom stereocenters. The zero-order valence-electron chi connectivity index (χ0n) is 9.02. The van der Waals surface area contributed by atoms with Crippen molar-refractivity contribution in [1.29, 1.82) is 0 Å². The second kappa shape index (κ2) is 4.98. The van der Waals surface area contributed by atoms with Crippen LogP contribution in [0.4, 0.5) is 13.2 Å². The topological polar surface area (TPSA) is 24.7 Å². The van der Waals surface area contributed by atoms with Gasteiger partial charge < -0.3 is 10.0 Å². The monoisotopic (exact) mass is 214 g/mol. The summed E-state index contributed by atoms with van der Waals surface area (Å²) in [6.07, 6.45) is -6.73. The number of alkyl halides is 3. The lowest BCUT2D eigenvalue weighted by atomic mass is 10.2. The average molecular weight is 214 g/mol. The van der Waals surface area contributed by atoms with Crippen molar-refractivity contribution < 1.29 is 23.2 Å². The standard InChI is InChI=1S/C9H18F3NO/c1-6(2)13(7(3)4)5-8(14)9(10,11)12/h6-8,14H,5H2,1-4H3/p+1/t8-/m0/s1. The predicted octanol–water partition coefficient (Wildman–Crippen LogP) is 0.611. The van der Waals surface area contributed by atoms with Crippen LogP contribution in [0.2, 0.25) is 0 Å². The molecule has 0 rings (SSSR count). The minimum absolute atomic E-state index is 0.0759. The van der Waals surface area contributed by atoms with Crippen molar-refractivity contribution in [2.75, 3.05) is 6.54 Å². The first-order valence-electron chi connectivity index (χ1n) is 4.76. The van der Waals surface area contributed by atoms with Gasteiger partial charge in [0.2, 0.25) is 0 Å². The molecule has 86 valence electrons. The van der Waals surface area contributed by atoms with E-state index in [-0.39, 0.29) is 18.6 Å². The van der Waals surface area contributed by atoms with E-state index in [0.29, 0.717) is 0 Å². The SMILES string of the molecule is CC(C)[NH+](C[C@H](O)C(F)(F)F)C(C)C. The zero-order chi connectivity index (χ0) is 11.5. The molecule has 0 radical (unpaired) electrons. The number of aliphatic hydroxyl groups excluding tert-OH is 1. The van der Waals surface area contributed by atoms with E-state index in [9.17, 15) is 13.2 Å². The molecule has 2 N–H and O–H groups in total. The molecule has 14 heavy (non-hydrogen) atoms. The molecule has 0 spiro atoms. The predicted molar refractivity (Wildman–Crippen MR) is 48.2 cm³/mol. The maximum Gasteiger partial charge on any atom is 0.419 e. The largest absolute Gasteiger partial charge is 0.419 e. The van der Waals surface area contributed by atoms with Crippen molar-refractivity contribution in [3.63, 3.8) is 0 Å². The van der Waals surface area contributed by atoms with E-state index in [1.807, 2.05) is 27.7 Å². The average Bonchev–Trinajstić information content (AvgIpc) is 1.96. The van der Waals surface area contributed by atoms with Gasteiger partial charge in [0.25, 0.3) is 0 Å². The first-order chi connectivity index (χ1) is 6.16. The molecule has 0 aliphatic carbocycles. The Morgan fingerprint density at radius 3 is 1.64 bits per heavy atom. The van der Waals surface area contributed by atoms with Crippen LogP contribution in [0.15, 0.2) is 0 Å². The second-order valence-corrected chi connectivity index (χ2v) is 4.15. The van der Waals surface area contributed by atoms with Crippen LogP contribution in [0.1, 0.15) is 27.7 Å². The Hall–Kier alpha value is -0.290. The van der Waals surface area contributed by atoms with Crippen molar-refractivity contribution in [3.8, 4) is 0 Å². The van der Waals surface area contributed by atoms with E-state index in [4.69, 9.17) is 5.11 Å². The van der Waals surface area contributed by atoms with E-state index < -0.39 is 12.3 Å². The van der Waals surface area contributed by atoms with Gasteiger partial charge in [-0.2, -0.15) is 13.2 Å². The fraction of sp³-hybridized carbons (Fsp3) is 1.00. The number of rotatable bonds is 4. The molecule has 0 aliphatic heterocycles. The first-order valence-corrected chi connectivity index (χ1v) is 4.76. The van der Waals surface area contributed by atoms with Gasteiger partial charge in [0.1, 0.15) is 6.54 Å². The van der Waals surface area contributed by atoms with Crippen LogP contribution in [0.5, 0.6) is 0 Å². The molecule has 0 saturated heterocycles. The van der Waals surface area contributed by atoms with E-state index >= 15 is 0 Å². The van der Waals surface area contributed by atoms with Gasteiger partial charge in [-0.15, -0.1) is 0 Å². The van der Waals surface area contributed by atoms with Crippen molar-refractivity contribution >= 4 is 0 Å². The normalized spacial score (nSPS) is 15.6. The van der Waals surface area contributed by atoms with Crippen molar-refractivity contribution in [2.45, 2.75) is 52.1 Å². The fourth-order valence-corrected chi connectivity index (χ4v) is 1.48. The van der Waals surface area contributed by atoms with Gasteiger partial charge in [-0.3, -0.25) is 0 Å². The Morgan fingerprint density at radius 1 is 1.07 bits per heavy atom. The molecule has 5 heteroatoms. The van der Waals surface area contributed by atoms with E-state index in [1.165, 1.54) is 0 Å². The summed E-state index contributed by atoms with van der Waals surface area (Å²) in [6, 6.07) is 0.152. The van der Waals surface area contributed by atoms with Gasteiger partial charge in [-0.1, -0.05) is 0 Å². The highest BCUT2D eigenvalue weighted by molar-refractivity contribution is 4.63. The van der Waals surface area contributed by atoms with Crippen LogP contribution >= 0.6 is 0 Å². The van der Waals surface area contributed by atoms with Gasteiger partial charge >= 0.3 is 6.18 Å². The fourth-order valence-electron chi connectivity index (χ4n) is 1.48. The number of aliphatic hydroxyl groups is 1. The number of hydrogen-bond donors (Lipinski definition) is 2. The third kappa shape index (κ3) is 4.28. The number of halogens is 3. The molecule has 0 aliphatic rings. The van der Waals surface area contributed by atoms with Gasteiger partial charge in [-0.25, -0.2) is 0 Å². The third-order valence-corrected chi connectivity index (χ3v) is 2.29. The van der Waals surface area contributed by atoms with Crippen molar-refractivity contribution in [1.82, 2.24) is 0 Å². The lowest BCUT2D eigenvalue weighted by molar-refractivity contribution is -0.946. The highest BCUT2D eigenvalue weighted by Gasteiger charge is 2.41. The number of quaternary nitrogens is 1. The number of nitrogens with one attached hydrogen (secondary N) is 1. The summed E-state index contributed by atoms with van der Waals surface area (Å²) >= 11 is 0. The molecule has 0 saturated carbocycles. The highest BCUT2D eigenvalue weighted by Crippen LogP contribution is 2.18. The molecular weight excluding hydrogens is 195 g/mol. The van der Waals surface area contributed by atoms with Crippen LogP contribution in [0.3, 0.4) is 0 Å². The molecule has 0 aromatic carbocycles. The van der Waals surface area contributed by atoms with Crippen LogP contribution in [0.25, 0.3) is 0 Å². The first kappa shape index (κ1) is 13.7. The van der Waals surface area contributed by atoms with E-state index in [2.05, 4.69) is 0 Å². The van der Waals surface area contributed by atoms with E-state index in [0.717, 1.165) is 4.90 Å². The van der Waals surface area contributed by atoms with Crippen LogP contribution in [-0.4, -0.2) is 36.0 Å². The zero-order valence-corrected chi connectivity index (χ0v) is 9.02. The Labute approximate surface area is 82.7 Å². The Kier molecular flexibility index (Phi) is 4.88. The van der Waals surface area contributed by atoms with Crippen LogP contribution < -0.4 is 4.90 Å².